The van der Waals surface area contributed by atoms with Crippen LogP contribution < -0.4 is 5.32 Å². The molecule has 242 valence electrons. The minimum atomic E-state index is -2.42. The van der Waals surface area contributed by atoms with Crippen molar-refractivity contribution in [2.45, 2.75) is 109 Å². The zero-order valence-corrected chi connectivity index (χ0v) is 28.8. The van der Waals surface area contributed by atoms with Gasteiger partial charge in [0.05, 0.1) is 37.4 Å². The van der Waals surface area contributed by atoms with Crippen LogP contribution >= 0.6 is 0 Å². The first-order valence-electron chi connectivity index (χ1n) is 15.5. The fraction of sp³-hybridized carbons (Fsp3) is 0.543. The molecule has 0 unspecified atom stereocenters. The van der Waals surface area contributed by atoms with E-state index in [4.69, 9.17) is 18.6 Å². The second-order valence-electron chi connectivity index (χ2n) is 14.0. The molecule has 0 aliphatic carbocycles. The number of hydrogen-bond acceptors (Lipinski definition) is 6. The molecule has 4 atom stereocenters. The highest BCUT2D eigenvalue weighted by Gasteiger charge is 2.49. The third-order valence-electron chi connectivity index (χ3n) is 8.21. The number of nitrogens with one attached hydrogen (secondary N) is 1. The fourth-order valence-corrected chi connectivity index (χ4v) is 6.33. The van der Waals surface area contributed by atoms with Crippen molar-refractivity contribution >= 4 is 20.5 Å². The van der Waals surface area contributed by atoms with E-state index in [0.29, 0.717) is 26.0 Å². The van der Waals surface area contributed by atoms with Gasteiger partial charge in [-0.15, -0.1) is 6.58 Å². The maximum Gasteiger partial charge on any atom is 0.410 e. The zero-order valence-electron chi connectivity index (χ0n) is 27.8. The Morgan fingerprint density at radius 1 is 1.00 bits per heavy atom. The molecule has 1 fully saturated rings. The minimum absolute atomic E-state index is 0.121. The first-order valence-corrected chi connectivity index (χ1v) is 18.4. The number of nitrogens with zero attached hydrogens (tertiary/aromatic N) is 1. The number of hydrogen-bond donors (Lipinski definition) is 1. The van der Waals surface area contributed by atoms with E-state index in [0.717, 1.165) is 11.1 Å². The molecule has 2 aromatic rings. The highest BCUT2D eigenvalue weighted by Crippen LogP contribution is 2.40. The Labute approximate surface area is 265 Å². The van der Waals surface area contributed by atoms with Gasteiger partial charge in [0.15, 0.2) is 8.32 Å². The summed E-state index contributed by atoms with van der Waals surface area (Å²) >= 11 is 0. The van der Waals surface area contributed by atoms with Crippen molar-refractivity contribution in [2.24, 2.45) is 0 Å². The molecule has 0 bridgehead atoms. The first-order chi connectivity index (χ1) is 20.6. The number of benzene rings is 2. The lowest BCUT2D eigenvalue weighted by molar-refractivity contribution is 0.000198. The molecule has 0 spiro atoms. The van der Waals surface area contributed by atoms with E-state index < -0.39 is 44.3 Å². The fourth-order valence-electron chi connectivity index (χ4n) is 4.97. The standard InChI is InChI=1S/C35H52N2O6Si/c1-10-21-40-28-23-30(37(24-28)33(39)42-34(2,3)4)31(43-44(8,9)35(5,6)7)29(22-26-17-13-11-14-18-26)36-32(38)41-25-27-19-15-12-16-20-27/h10-20,28-31H,1,21-25H2,2-9H3,(H,36,38)/t28-,29+,30-,31+/m1/s1. The molecular formula is C35H52N2O6Si. The summed E-state index contributed by atoms with van der Waals surface area (Å²) in [5.74, 6) is 0. The molecule has 9 heteroatoms. The molecule has 1 saturated heterocycles. The van der Waals surface area contributed by atoms with Crippen molar-refractivity contribution in [1.82, 2.24) is 10.2 Å². The number of amides is 2. The van der Waals surface area contributed by atoms with Crippen LogP contribution in [0.4, 0.5) is 9.59 Å². The second-order valence-corrected chi connectivity index (χ2v) is 18.8. The summed E-state index contributed by atoms with van der Waals surface area (Å²) in [6.45, 7) is 21.1. The molecule has 0 radical (unpaired) electrons. The smallest absolute Gasteiger partial charge is 0.410 e. The first kappa shape index (κ1) is 35.3. The van der Waals surface area contributed by atoms with E-state index in [1.54, 1.807) is 11.0 Å². The number of likely N-dealkylation sites (tertiary alicyclic amines) is 1. The molecular weight excluding hydrogens is 572 g/mol. The average molecular weight is 625 g/mol. The van der Waals surface area contributed by atoms with E-state index >= 15 is 0 Å². The lowest BCUT2D eigenvalue weighted by Crippen LogP contribution is -2.60. The number of ether oxygens (including phenoxy) is 3. The van der Waals surface area contributed by atoms with Gasteiger partial charge < -0.3 is 24.0 Å². The van der Waals surface area contributed by atoms with Gasteiger partial charge in [0, 0.05) is 0 Å². The molecule has 44 heavy (non-hydrogen) atoms. The quantitative estimate of drug-likeness (QED) is 0.195. The minimum Gasteiger partial charge on any atom is -0.445 e. The van der Waals surface area contributed by atoms with Crippen LogP contribution in [0.3, 0.4) is 0 Å². The molecule has 3 rings (SSSR count). The highest BCUT2D eigenvalue weighted by molar-refractivity contribution is 6.74. The number of carbonyl (C=O) groups is 2. The van der Waals surface area contributed by atoms with Gasteiger partial charge in [0.2, 0.25) is 0 Å². The Morgan fingerprint density at radius 2 is 1.59 bits per heavy atom. The third-order valence-corrected chi connectivity index (χ3v) is 12.7. The topological polar surface area (TPSA) is 86.3 Å². The van der Waals surface area contributed by atoms with Crippen molar-refractivity contribution in [1.29, 1.82) is 0 Å². The molecule has 0 saturated carbocycles. The van der Waals surface area contributed by atoms with Gasteiger partial charge >= 0.3 is 12.2 Å². The third kappa shape index (κ3) is 10.5. The zero-order chi connectivity index (χ0) is 32.5. The van der Waals surface area contributed by atoms with E-state index in [1.165, 1.54) is 0 Å². The van der Waals surface area contributed by atoms with E-state index in [1.807, 2.05) is 81.4 Å². The van der Waals surface area contributed by atoms with Crippen LogP contribution in [-0.2, 0) is 31.7 Å². The van der Waals surface area contributed by atoms with Gasteiger partial charge in [0.25, 0.3) is 0 Å². The maximum atomic E-state index is 13.7. The van der Waals surface area contributed by atoms with Crippen molar-refractivity contribution in [3.8, 4) is 0 Å². The van der Waals surface area contributed by atoms with Crippen molar-refractivity contribution in [3.05, 3.63) is 84.4 Å². The largest absolute Gasteiger partial charge is 0.445 e. The van der Waals surface area contributed by atoms with Crippen molar-refractivity contribution in [2.75, 3.05) is 13.2 Å². The Morgan fingerprint density at radius 3 is 2.14 bits per heavy atom. The van der Waals surface area contributed by atoms with Crippen LogP contribution in [0, 0.1) is 0 Å². The summed E-state index contributed by atoms with van der Waals surface area (Å²) in [5.41, 5.74) is 1.25. The normalized spacial score (nSPS) is 18.8. The lowest BCUT2D eigenvalue weighted by Gasteiger charge is -2.45. The van der Waals surface area contributed by atoms with Gasteiger partial charge in [-0.05, 0) is 62.9 Å². The predicted octanol–water partition coefficient (Wildman–Crippen LogP) is 7.50. The van der Waals surface area contributed by atoms with Gasteiger partial charge in [-0.25, -0.2) is 9.59 Å². The number of alkyl carbamates (subject to hydrolysis) is 1. The molecule has 2 aromatic carbocycles. The van der Waals surface area contributed by atoms with Crippen LogP contribution in [0.5, 0.6) is 0 Å². The van der Waals surface area contributed by atoms with E-state index in [2.05, 4.69) is 45.8 Å². The van der Waals surface area contributed by atoms with Gasteiger partial charge in [-0.2, -0.15) is 0 Å². The Hall–Kier alpha value is -3.14. The monoisotopic (exact) mass is 624 g/mol. The molecule has 0 aromatic heterocycles. The summed E-state index contributed by atoms with van der Waals surface area (Å²) in [6, 6.07) is 18.6. The van der Waals surface area contributed by atoms with E-state index in [-0.39, 0.29) is 17.7 Å². The summed E-state index contributed by atoms with van der Waals surface area (Å²) in [5, 5.41) is 3.03. The Kier molecular flexibility index (Phi) is 12.2. The van der Waals surface area contributed by atoms with E-state index in [9.17, 15) is 9.59 Å². The second kappa shape index (κ2) is 15.2. The van der Waals surface area contributed by atoms with Crippen LogP contribution in [0.1, 0.15) is 59.1 Å². The van der Waals surface area contributed by atoms with Gasteiger partial charge in [0.1, 0.15) is 12.2 Å². The Balaban J connectivity index is 2.03. The molecule has 8 nitrogen and oxygen atoms in total. The predicted molar refractivity (Wildman–Crippen MR) is 177 cm³/mol. The SMILES string of the molecule is C=CCO[C@@H]1C[C@H]([C@@H](O[Si](C)(C)C(C)(C)C)[C@H](Cc2ccccc2)NC(=O)OCc2ccccc2)N(C(=O)OC(C)(C)C)C1. The average Bonchev–Trinajstić information content (AvgIpc) is 3.37. The summed E-state index contributed by atoms with van der Waals surface area (Å²) in [4.78, 5) is 28.8. The van der Waals surface area contributed by atoms with Crippen LogP contribution in [0.15, 0.2) is 73.3 Å². The summed E-state index contributed by atoms with van der Waals surface area (Å²) in [6.07, 6.45) is 0.942. The molecule has 2 amide bonds. The highest BCUT2D eigenvalue weighted by atomic mass is 28.4. The van der Waals surface area contributed by atoms with Crippen LogP contribution in [0.25, 0.3) is 0 Å². The van der Waals surface area contributed by atoms with Gasteiger partial charge in [-0.1, -0.05) is 87.5 Å². The lowest BCUT2D eigenvalue weighted by atomic mass is 9.94. The number of rotatable bonds is 12. The maximum absolute atomic E-state index is 13.7. The number of carbonyl (C=O) groups excluding carboxylic acids is 2. The van der Waals surface area contributed by atoms with Gasteiger partial charge in [-0.3, -0.25) is 4.90 Å². The van der Waals surface area contributed by atoms with Crippen molar-refractivity contribution in [3.63, 3.8) is 0 Å². The summed E-state index contributed by atoms with van der Waals surface area (Å²) < 4.78 is 24.8. The van der Waals surface area contributed by atoms with Crippen LogP contribution in [0.2, 0.25) is 18.1 Å². The molecule has 1 aliphatic rings. The Bertz CT molecular complexity index is 1210. The summed E-state index contributed by atoms with van der Waals surface area (Å²) in [7, 11) is -2.42. The molecule has 1 heterocycles. The molecule has 1 aliphatic heterocycles. The molecule has 1 N–H and O–H groups in total. The van der Waals surface area contributed by atoms with Crippen LogP contribution in [-0.4, -0.2) is 68.4 Å². The van der Waals surface area contributed by atoms with Crippen molar-refractivity contribution < 1.29 is 28.2 Å².